The van der Waals surface area contributed by atoms with Crippen LogP contribution >= 0.6 is 0 Å². The largest absolute Gasteiger partial charge is 0.497 e. The third kappa shape index (κ3) is 2.93. The second-order valence-corrected chi connectivity index (χ2v) is 3.94. The number of nitrogen functional groups attached to an aromatic ring is 1. The lowest BCUT2D eigenvalue weighted by atomic mass is 10.2. The number of anilines is 1. The van der Waals surface area contributed by atoms with Gasteiger partial charge in [0.15, 0.2) is 0 Å². The van der Waals surface area contributed by atoms with Gasteiger partial charge in [-0.05, 0) is 25.1 Å². The fourth-order valence-electron chi connectivity index (χ4n) is 1.54. The van der Waals surface area contributed by atoms with Crippen molar-refractivity contribution in [2.45, 2.75) is 6.92 Å². The van der Waals surface area contributed by atoms with Gasteiger partial charge in [-0.25, -0.2) is 4.98 Å². The van der Waals surface area contributed by atoms with Crippen molar-refractivity contribution in [3.8, 4) is 23.4 Å². The predicted octanol–water partition coefficient (Wildman–Crippen LogP) is 2.64. The number of aromatic nitrogens is 1. The van der Waals surface area contributed by atoms with Crippen molar-refractivity contribution >= 4 is 5.69 Å². The molecular weight excluding hydrogens is 242 g/mol. The van der Waals surface area contributed by atoms with Crippen LogP contribution in [0.5, 0.6) is 17.4 Å². The molecule has 0 atom stereocenters. The van der Waals surface area contributed by atoms with Crippen LogP contribution in [-0.4, -0.2) is 12.1 Å². The van der Waals surface area contributed by atoms with Crippen LogP contribution in [0.25, 0.3) is 0 Å². The van der Waals surface area contributed by atoms with Crippen LogP contribution < -0.4 is 15.2 Å². The van der Waals surface area contributed by atoms with Crippen LogP contribution in [0.2, 0.25) is 0 Å². The van der Waals surface area contributed by atoms with Gasteiger partial charge in [0.1, 0.15) is 11.5 Å². The number of methoxy groups -OCH3 is 1. The van der Waals surface area contributed by atoms with Crippen molar-refractivity contribution in [3.05, 3.63) is 41.6 Å². The normalized spacial score (nSPS) is 9.74. The molecule has 19 heavy (non-hydrogen) atoms. The Labute approximate surface area is 111 Å². The van der Waals surface area contributed by atoms with Gasteiger partial charge in [0, 0.05) is 12.1 Å². The van der Waals surface area contributed by atoms with E-state index in [4.69, 9.17) is 20.5 Å². The Bertz CT molecular complexity index is 648. The predicted molar refractivity (Wildman–Crippen MR) is 71.2 cm³/mol. The topological polar surface area (TPSA) is 81.2 Å². The first-order valence-electron chi connectivity index (χ1n) is 5.62. The molecule has 0 unspecified atom stereocenters. The van der Waals surface area contributed by atoms with Gasteiger partial charge in [-0.2, -0.15) is 5.26 Å². The van der Waals surface area contributed by atoms with Gasteiger partial charge in [-0.1, -0.05) is 0 Å². The number of nitrogens with two attached hydrogens (primary N) is 1. The highest BCUT2D eigenvalue weighted by Gasteiger charge is 2.05. The highest BCUT2D eigenvalue weighted by atomic mass is 16.5. The average Bonchev–Trinajstić information content (AvgIpc) is 2.42. The molecule has 2 rings (SSSR count). The molecule has 0 saturated heterocycles. The smallest absolute Gasteiger partial charge is 0.219 e. The lowest BCUT2D eigenvalue weighted by Crippen LogP contribution is -1.95. The van der Waals surface area contributed by atoms with Gasteiger partial charge in [0.25, 0.3) is 0 Å². The van der Waals surface area contributed by atoms with Crippen LogP contribution in [0, 0.1) is 18.3 Å². The third-order valence-electron chi connectivity index (χ3n) is 2.57. The molecule has 0 aliphatic heterocycles. The second kappa shape index (κ2) is 5.27. The highest BCUT2D eigenvalue weighted by molar-refractivity contribution is 5.47. The monoisotopic (exact) mass is 255 g/mol. The van der Waals surface area contributed by atoms with Crippen molar-refractivity contribution < 1.29 is 9.47 Å². The number of aryl methyl sites for hydroxylation is 1. The Morgan fingerprint density at radius 3 is 2.58 bits per heavy atom. The van der Waals surface area contributed by atoms with E-state index in [1.54, 1.807) is 37.3 Å². The summed E-state index contributed by atoms with van der Waals surface area (Å²) in [6.07, 6.45) is 0. The number of pyridine rings is 1. The molecule has 0 bridgehead atoms. The maximum Gasteiger partial charge on any atom is 0.219 e. The average molecular weight is 255 g/mol. The van der Waals surface area contributed by atoms with Crippen LogP contribution in [0.4, 0.5) is 5.69 Å². The number of benzene rings is 1. The van der Waals surface area contributed by atoms with Crippen molar-refractivity contribution in [1.29, 1.82) is 5.26 Å². The maximum atomic E-state index is 8.94. The Balaban J connectivity index is 2.32. The van der Waals surface area contributed by atoms with E-state index in [0.717, 1.165) is 0 Å². The molecule has 5 heteroatoms. The molecular formula is C14H13N3O2. The molecule has 5 nitrogen and oxygen atoms in total. The van der Waals surface area contributed by atoms with E-state index in [2.05, 4.69) is 4.98 Å². The molecule has 0 spiro atoms. The van der Waals surface area contributed by atoms with E-state index in [0.29, 0.717) is 34.3 Å². The van der Waals surface area contributed by atoms with Gasteiger partial charge in [-0.15, -0.1) is 0 Å². The molecule has 1 aromatic heterocycles. The molecule has 1 heterocycles. The van der Waals surface area contributed by atoms with Crippen LogP contribution in [0.3, 0.4) is 0 Å². The summed E-state index contributed by atoms with van der Waals surface area (Å²) in [7, 11) is 1.53. The Morgan fingerprint density at radius 2 is 1.95 bits per heavy atom. The van der Waals surface area contributed by atoms with Crippen LogP contribution in [0.15, 0.2) is 30.3 Å². The van der Waals surface area contributed by atoms with E-state index in [-0.39, 0.29) is 0 Å². The summed E-state index contributed by atoms with van der Waals surface area (Å²) in [5.74, 6) is 1.47. The molecule has 2 N–H and O–H groups in total. The minimum Gasteiger partial charge on any atom is -0.497 e. The number of rotatable bonds is 3. The van der Waals surface area contributed by atoms with Crippen LogP contribution in [0.1, 0.15) is 11.3 Å². The SMILES string of the molecule is COc1cc(C#N)cc(Oc2ccc(N)c(C)n2)c1. The zero-order chi connectivity index (χ0) is 13.8. The van der Waals surface area contributed by atoms with Gasteiger partial charge >= 0.3 is 0 Å². The van der Waals surface area contributed by atoms with E-state index in [1.165, 1.54) is 7.11 Å². The molecule has 96 valence electrons. The van der Waals surface area contributed by atoms with Crippen molar-refractivity contribution in [2.24, 2.45) is 0 Å². The molecule has 0 aliphatic rings. The molecule has 0 saturated carbocycles. The van der Waals surface area contributed by atoms with Gasteiger partial charge < -0.3 is 15.2 Å². The van der Waals surface area contributed by atoms with E-state index < -0.39 is 0 Å². The Kier molecular flexibility index (Phi) is 3.53. The first kappa shape index (κ1) is 12.7. The molecule has 0 fully saturated rings. The molecule has 2 aromatic rings. The van der Waals surface area contributed by atoms with Gasteiger partial charge in [0.05, 0.1) is 30.1 Å². The third-order valence-corrected chi connectivity index (χ3v) is 2.57. The lowest BCUT2D eigenvalue weighted by Gasteiger charge is -2.08. The van der Waals surface area contributed by atoms with Crippen molar-refractivity contribution in [1.82, 2.24) is 4.98 Å². The van der Waals surface area contributed by atoms with Crippen molar-refractivity contribution in [2.75, 3.05) is 12.8 Å². The zero-order valence-electron chi connectivity index (χ0n) is 10.7. The maximum absolute atomic E-state index is 8.94. The summed E-state index contributed by atoms with van der Waals surface area (Å²) in [6, 6.07) is 10.4. The summed E-state index contributed by atoms with van der Waals surface area (Å²) in [5.41, 5.74) is 7.45. The quantitative estimate of drug-likeness (QED) is 0.911. The molecule has 1 aromatic carbocycles. The van der Waals surface area contributed by atoms with E-state index >= 15 is 0 Å². The van der Waals surface area contributed by atoms with Gasteiger partial charge in [-0.3, -0.25) is 0 Å². The number of ether oxygens (including phenoxy) is 2. The summed E-state index contributed by atoms with van der Waals surface area (Å²) in [5, 5.41) is 8.94. The Hall–Kier alpha value is -2.74. The number of nitrogens with zero attached hydrogens (tertiary/aromatic N) is 2. The number of hydrogen-bond acceptors (Lipinski definition) is 5. The lowest BCUT2D eigenvalue weighted by molar-refractivity contribution is 0.407. The summed E-state index contributed by atoms with van der Waals surface area (Å²) in [4.78, 5) is 4.21. The number of nitriles is 1. The van der Waals surface area contributed by atoms with E-state index in [1.807, 2.05) is 6.07 Å². The van der Waals surface area contributed by atoms with Gasteiger partial charge in [0.2, 0.25) is 5.88 Å². The molecule has 0 aliphatic carbocycles. The zero-order valence-corrected chi connectivity index (χ0v) is 10.7. The first-order valence-corrected chi connectivity index (χ1v) is 5.62. The Morgan fingerprint density at radius 1 is 1.21 bits per heavy atom. The number of hydrogen-bond donors (Lipinski definition) is 1. The summed E-state index contributed by atoms with van der Waals surface area (Å²) in [6.45, 7) is 1.80. The van der Waals surface area contributed by atoms with Crippen molar-refractivity contribution in [3.63, 3.8) is 0 Å². The van der Waals surface area contributed by atoms with Crippen LogP contribution in [-0.2, 0) is 0 Å². The minimum absolute atomic E-state index is 0.420. The first-order chi connectivity index (χ1) is 9.12. The highest BCUT2D eigenvalue weighted by Crippen LogP contribution is 2.27. The summed E-state index contributed by atoms with van der Waals surface area (Å²) < 4.78 is 10.7. The molecule has 0 radical (unpaired) electrons. The summed E-state index contributed by atoms with van der Waals surface area (Å²) >= 11 is 0. The fourth-order valence-corrected chi connectivity index (χ4v) is 1.54. The molecule has 0 amide bonds. The fraction of sp³-hybridized carbons (Fsp3) is 0.143. The minimum atomic E-state index is 0.420. The standard InChI is InChI=1S/C14H13N3O2/c1-9-13(16)3-4-14(17-9)19-12-6-10(8-15)5-11(7-12)18-2/h3-7H,16H2,1-2H3. The van der Waals surface area contributed by atoms with E-state index in [9.17, 15) is 0 Å². The second-order valence-electron chi connectivity index (χ2n) is 3.94.